The van der Waals surface area contributed by atoms with Crippen LogP contribution in [0.3, 0.4) is 0 Å². The molecule has 2 nitrogen and oxygen atoms in total. The number of anilines is 1. The lowest BCUT2D eigenvalue weighted by atomic mass is 10.5. The van der Waals surface area contributed by atoms with Gasteiger partial charge >= 0.3 is 0 Å². The van der Waals surface area contributed by atoms with Crippen molar-refractivity contribution in [2.75, 3.05) is 12.4 Å². The Morgan fingerprint density at radius 1 is 1.70 bits per heavy atom. The number of alkyl halides is 2. The van der Waals surface area contributed by atoms with E-state index in [1.54, 1.807) is 7.05 Å². The average Bonchev–Trinajstić information content (AvgIpc) is 2.34. The molecule has 0 aliphatic carbocycles. The SMILES string of the molecule is CNc1nc(C(F)F)cs1. The number of hydrogen-bond donors (Lipinski definition) is 1. The van der Waals surface area contributed by atoms with Gasteiger partial charge < -0.3 is 5.32 Å². The second-order valence-electron chi connectivity index (χ2n) is 1.63. The largest absolute Gasteiger partial charge is 0.365 e. The normalized spacial score (nSPS) is 10.4. The Morgan fingerprint density at radius 3 is 2.70 bits per heavy atom. The van der Waals surface area contributed by atoms with Crippen molar-refractivity contribution in [2.24, 2.45) is 0 Å². The van der Waals surface area contributed by atoms with Gasteiger partial charge in [-0.05, 0) is 0 Å². The lowest BCUT2D eigenvalue weighted by molar-refractivity contribution is 0.147. The third-order valence-electron chi connectivity index (χ3n) is 0.959. The zero-order chi connectivity index (χ0) is 7.56. The molecule has 5 heteroatoms. The standard InChI is InChI=1S/C5H6F2N2S/c1-8-5-9-3(2-10-5)4(6)7/h2,4H,1H3,(H,8,9). The van der Waals surface area contributed by atoms with E-state index >= 15 is 0 Å². The summed E-state index contributed by atoms with van der Waals surface area (Å²) in [6.45, 7) is 0. The number of halogens is 2. The Labute approximate surface area is 60.9 Å². The van der Waals surface area contributed by atoms with E-state index in [1.807, 2.05) is 0 Å². The molecule has 0 aliphatic rings. The maximum absolute atomic E-state index is 11.8. The minimum Gasteiger partial charge on any atom is -0.365 e. The lowest BCUT2D eigenvalue weighted by Crippen LogP contribution is -1.88. The van der Waals surface area contributed by atoms with Gasteiger partial charge in [0.25, 0.3) is 6.43 Å². The van der Waals surface area contributed by atoms with Crippen LogP contribution in [0.15, 0.2) is 5.38 Å². The number of nitrogens with one attached hydrogen (secondary N) is 1. The fraction of sp³-hybridized carbons (Fsp3) is 0.400. The number of aromatic nitrogens is 1. The molecule has 1 N–H and O–H groups in total. The second kappa shape index (κ2) is 2.92. The smallest absolute Gasteiger partial charge is 0.281 e. The molecule has 0 saturated carbocycles. The molecular weight excluding hydrogens is 158 g/mol. The van der Waals surface area contributed by atoms with Gasteiger partial charge in [-0.15, -0.1) is 11.3 Å². The van der Waals surface area contributed by atoms with Crippen LogP contribution in [-0.2, 0) is 0 Å². The van der Waals surface area contributed by atoms with Crippen molar-refractivity contribution in [1.29, 1.82) is 0 Å². The molecule has 1 aromatic heterocycles. The molecule has 1 rings (SSSR count). The molecule has 0 bridgehead atoms. The summed E-state index contributed by atoms with van der Waals surface area (Å²) in [5, 5.41) is 4.54. The first-order valence-electron chi connectivity index (χ1n) is 2.65. The Hall–Kier alpha value is -0.710. The Morgan fingerprint density at radius 2 is 2.40 bits per heavy atom. The van der Waals surface area contributed by atoms with Crippen molar-refractivity contribution in [3.8, 4) is 0 Å². The zero-order valence-electron chi connectivity index (χ0n) is 5.27. The van der Waals surface area contributed by atoms with Crippen LogP contribution in [0, 0.1) is 0 Å². The molecule has 0 atom stereocenters. The number of hydrogen-bond acceptors (Lipinski definition) is 3. The van der Waals surface area contributed by atoms with Gasteiger partial charge in [-0.2, -0.15) is 0 Å². The minimum atomic E-state index is -2.46. The quantitative estimate of drug-likeness (QED) is 0.724. The fourth-order valence-electron chi connectivity index (χ4n) is 0.501. The van der Waals surface area contributed by atoms with Gasteiger partial charge in [-0.3, -0.25) is 0 Å². The molecular formula is C5H6F2N2S. The molecule has 0 aromatic carbocycles. The summed E-state index contributed by atoms with van der Waals surface area (Å²) in [6.07, 6.45) is -2.46. The van der Waals surface area contributed by atoms with E-state index in [0.717, 1.165) is 0 Å². The van der Waals surface area contributed by atoms with Gasteiger partial charge in [0, 0.05) is 12.4 Å². The van der Waals surface area contributed by atoms with E-state index in [0.29, 0.717) is 5.13 Å². The highest BCUT2D eigenvalue weighted by molar-refractivity contribution is 7.13. The van der Waals surface area contributed by atoms with Crippen molar-refractivity contribution in [1.82, 2.24) is 4.98 Å². The summed E-state index contributed by atoms with van der Waals surface area (Å²) >= 11 is 1.18. The molecule has 10 heavy (non-hydrogen) atoms. The first-order chi connectivity index (χ1) is 4.74. The first-order valence-corrected chi connectivity index (χ1v) is 3.53. The molecule has 56 valence electrons. The van der Waals surface area contributed by atoms with Crippen molar-refractivity contribution in [3.63, 3.8) is 0 Å². The third kappa shape index (κ3) is 1.41. The third-order valence-corrected chi connectivity index (χ3v) is 1.84. The minimum absolute atomic E-state index is 0.158. The summed E-state index contributed by atoms with van der Waals surface area (Å²) in [7, 11) is 1.65. The Balaban J connectivity index is 2.78. The summed E-state index contributed by atoms with van der Waals surface area (Å²) < 4.78 is 23.7. The van der Waals surface area contributed by atoms with E-state index in [4.69, 9.17) is 0 Å². The van der Waals surface area contributed by atoms with Crippen LogP contribution in [0.4, 0.5) is 13.9 Å². The summed E-state index contributed by atoms with van der Waals surface area (Å²) in [5.41, 5.74) is -0.158. The van der Waals surface area contributed by atoms with Crippen LogP contribution in [0.2, 0.25) is 0 Å². The Kier molecular flexibility index (Phi) is 2.16. The molecule has 1 heterocycles. The van der Waals surface area contributed by atoms with Gasteiger partial charge in [0.2, 0.25) is 0 Å². The topological polar surface area (TPSA) is 24.9 Å². The Bertz CT molecular complexity index is 211. The highest BCUT2D eigenvalue weighted by Gasteiger charge is 2.10. The van der Waals surface area contributed by atoms with Crippen LogP contribution in [-0.4, -0.2) is 12.0 Å². The lowest BCUT2D eigenvalue weighted by Gasteiger charge is -1.89. The van der Waals surface area contributed by atoms with Gasteiger partial charge in [-0.25, -0.2) is 13.8 Å². The molecule has 0 radical (unpaired) electrons. The molecule has 1 aromatic rings. The second-order valence-corrected chi connectivity index (χ2v) is 2.49. The van der Waals surface area contributed by atoms with Crippen LogP contribution in [0.5, 0.6) is 0 Å². The van der Waals surface area contributed by atoms with Crippen LogP contribution < -0.4 is 5.32 Å². The maximum Gasteiger partial charge on any atom is 0.281 e. The molecule has 0 aliphatic heterocycles. The molecule has 0 fully saturated rings. The predicted octanol–water partition coefficient (Wildman–Crippen LogP) is 2.12. The molecule has 0 saturated heterocycles. The summed E-state index contributed by atoms with van der Waals surface area (Å²) in [5.74, 6) is 0. The monoisotopic (exact) mass is 164 g/mol. The van der Waals surface area contributed by atoms with E-state index in [1.165, 1.54) is 16.7 Å². The molecule has 0 unspecified atom stereocenters. The van der Waals surface area contributed by atoms with Gasteiger partial charge in [0.05, 0.1) is 0 Å². The summed E-state index contributed by atoms with van der Waals surface area (Å²) in [6, 6.07) is 0. The number of nitrogens with zero attached hydrogens (tertiary/aromatic N) is 1. The summed E-state index contributed by atoms with van der Waals surface area (Å²) in [4.78, 5) is 3.59. The van der Waals surface area contributed by atoms with Crippen molar-refractivity contribution in [2.45, 2.75) is 6.43 Å². The fourth-order valence-corrected chi connectivity index (χ4v) is 1.17. The predicted molar refractivity (Wildman–Crippen MR) is 36.6 cm³/mol. The molecule has 0 amide bonds. The van der Waals surface area contributed by atoms with Gasteiger partial charge in [-0.1, -0.05) is 0 Å². The first kappa shape index (κ1) is 7.40. The highest BCUT2D eigenvalue weighted by atomic mass is 32.1. The molecule has 0 spiro atoms. The van der Waals surface area contributed by atoms with Crippen molar-refractivity contribution in [3.05, 3.63) is 11.1 Å². The zero-order valence-corrected chi connectivity index (χ0v) is 6.08. The van der Waals surface area contributed by atoms with Crippen molar-refractivity contribution < 1.29 is 8.78 Å². The van der Waals surface area contributed by atoms with E-state index in [-0.39, 0.29) is 5.69 Å². The van der Waals surface area contributed by atoms with Crippen molar-refractivity contribution >= 4 is 16.5 Å². The number of thiazole rings is 1. The van der Waals surface area contributed by atoms with E-state index in [2.05, 4.69) is 10.3 Å². The van der Waals surface area contributed by atoms with E-state index < -0.39 is 6.43 Å². The number of rotatable bonds is 2. The maximum atomic E-state index is 11.8. The average molecular weight is 164 g/mol. The van der Waals surface area contributed by atoms with Crippen LogP contribution in [0.1, 0.15) is 12.1 Å². The van der Waals surface area contributed by atoms with Crippen LogP contribution >= 0.6 is 11.3 Å². The highest BCUT2D eigenvalue weighted by Crippen LogP contribution is 2.23. The van der Waals surface area contributed by atoms with Crippen LogP contribution in [0.25, 0.3) is 0 Å². The van der Waals surface area contributed by atoms with Gasteiger partial charge in [0.1, 0.15) is 5.69 Å². The van der Waals surface area contributed by atoms with Gasteiger partial charge in [0.15, 0.2) is 5.13 Å². The van der Waals surface area contributed by atoms with E-state index in [9.17, 15) is 8.78 Å².